The molecule has 0 atom stereocenters. The van der Waals surface area contributed by atoms with Gasteiger partial charge in [0.15, 0.2) is 0 Å². The Morgan fingerprint density at radius 2 is 1.68 bits per heavy atom. The minimum atomic E-state index is -0.150. The maximum absolute atomic E-state index is 12.2. The molecule has 0 radical (unpaired) electrons. The van der Waals surface area contributed by atoms with Crippen molar-refractivity contribution in [2.45, 2.75) is 51.9 Å². The average Bonchev–Trinajstić information content (AvgIpc) is 2.46. The van der Waals surface area contributed by atoms with Gasteiger partial charge in [0.25, 0.3) is 0 Å². The molecule has 0 amide bonds. The smallest absolute Gasteiger partial charge is 0.338 e. The summed E-state index contributed by atoms with van der Waals surface area (Å²) in [5.74, 6) is 2.76. The molecule has 4 saturated carbocycles. The summed E-state index contributed by atoms with van der Waals surface area (Å²) in [6.45, 7) is 2.56. The van der Waals surface area contributed by atoms with Gasteiger partial charge in [-0.1, -0.05) is 18.2 Å². The Kier molecular flexibility index (Phi) is 3.51. The lowest BCUT2D eigenvalue weighted by molar-refractivity contribution is -0.0653. The third-order valence-corrected chi connectivity index (χ3v) is 6.40. The fraction of sp³-hybridized carbons (Fsp3) is 0.650. The van der Waals surface area contributed by atoms with Gasteiger partial charge >= 0.3 is 5.97 Å². The van der Waals surface area contributed by atoms with Gasteiger partial charge in [-0.15, -0.1) is 0 Å². The van der Waals surface area contributed by atoms with Gasteiger partial charge in [-0.3, -0.25) is 0 Å². The van der Waals surface area contributed by atoms with E-state index in [0.29, 0.717) is 17.6 Å². The van der Waals surface area contributed by atoms with Crippen molar-refractivity contribution in [3.05, 3.63) is 35.4 Å². The summed E-state index contributed by atoms with van der Waals surface area (Å²) in [5, 5.41) is 0. The van der Waals surface area contributed by atoms with Crippen LogP contribution in [0.2, 0.25) is 0 Å². The van der Waals surface area contributed by atoms with Gasteiger partial charge in [-0.25, -0.2) is 4.79 Å². The number of hydrogen-bond donors (Lipinski definition) is 0. The van der Waals surface area contributed by atoms with Gasteiger partial charge in [-0.2, -0.15) is 0 Å². The number of carbonyl (C=O) groups is 1. The van der Waals surface area contributed by atoms with E-state index in [1.54, 1.807) is 0 Å². The lowest BCUT2D eigenvalue weighted by Gasteiger charge is -2.57. The van der Waals surface area contributed by atoms with Crippen LogP contribution in [0.3, 0.4) is 0 Å². The van der Waals surface area contributed by atoms with E-state index in [4.69, 9.17) is 4.74 Å². The highest BCUT2D eigenvalue weighted by Gasteiger charge is 2.50. The van der Waals surface area contributed by atoms with Crippen molar-refractivity contribution in [1.82, 2.24) is 0 Å². The molecule has 0 N–H and O–H groups in total. The summed E-state index contributed by atoms with van der Waals surface area (Å²) in [5.41, 5.74) is 2.22. The SMILES string of the molecule is Cc1ccccc1C(=O)OCCC12CC3CC(CC(C3)C1)C2. The molecule has 0 saturated heterocycles. The van der Waals surface area contributed by atoms with E-state index in [0.717, 1.165) is 29.7 Å². The van der Waals surface area contributed by atoms with Crippen molar-refractivity contribution in [3.8, 4) is 0 Å². The third-order valence-electron chi connectivity index (χ3n) is 6.40. The van der Waals surface area contributed by atoms with Crippen molar-refractivity contribution >= 4 is 5.97 Å². The molecule has 0 aliphatic heterocycles. The summed E-state index contributed by atoms with van der Waals surface area (Å²) in [7, 11) is 0. The molecule has 1 aromatic rings. The molecule has 4 bridgehead atoms. The molecule has 0 spiro atoms. The summed E-state index contributed by atoms with van der Waals surface area (Å²) in [4.78, 5) is 12.2. The predicted octanol–water partition coefficient (Wildman–Crippen LogP) is 4.76. The van der Waals surface area contributed by atoms with Crippen LogP contribution >= 0.6 is 0 Å². The minimum absolute atomic E-state index is 0.150. The van der Waals surface area contributed by atoms with E-state index in [2.05, 4.69) is 0 Å². The highest BCUT2D eigenvalue weighted by atomic mass is 16.5. The average molecular weight is 298 g/mol. The van der Waals surface area contributed by atoms with E-state index in [-0.39, 0.29) is 5.97 Å². The first-order valence-corrected chi connectivity index (χ1v) is 8.86. The first-order chi connectivity index (χ1) is 10.6. The highest BCUT2D eigenvalue weighted by Crippen LogP contribution is 2.61. The van der Waals surface area contributed by atoms with Crippen LogP contribution in [0.1, 0.15) is 60.9 Å². The quantitative estimate of drug-likeness (QED) is 0.749. The van der Waals surface area contributed by atoms with Crippen LogP contribution in [0.5, 0.6) is 0 Å². The normalized spacial score (nSPS) is 35.6. The Morgan fingerprint density at radius 3 is 2.27 bits per heavy atom. The summed E-state index contributed by atoms with van der Waals surface area (Å²) in [6, 6.07) is 7.70. The molecule has 2 heteroatoms. The third kappa shape index (κ3) is 2.57. The molecule has 1 aromatic carbocycles. The van der Waals surface area contributed by atoms with Crippen LogP contribution < -0.4 is 0 Å². The molecule has 2 nitrogen and oxygen atoms in total. The Balaban J connectivity index is 1.36. The zero-order valence-corrected chi connectivity index (χ0v) is 13.5. The lowest BCUT2D eigenvalue weighted by atomic mass is 9.49. The van der Waals surface area contributed by atoms with Gasteiger partial charge in [0.2, 0.25) is 0 Å². The molecule has 22 heavy (non-hydrogen) atoms. The van der Waals surface area contributed by atoms with Crippen LogP contribution in [0.4, 0.5) is 0 Å². The topological polar surface area (TPSA) is 26.3 Å². The van der Waals surface area contributed by atoms with Gasteiger partial charge in [0.1, 0.15) is 0 Å². The van der Waals surface area contributed by atoms with Crippen LogP contribution in [0.15, 0.2) is 24.3 Å². The Labute approximate surface area is 133 Å². The van der Waals surface area contributed by atoms with Gasteiger partial charge < -0.3 is 4.74 Å². The standard InChI is InChI=1S/C20H26O2/c1-14-4-2-3-5-18(14)19(21)22-7-6-20-11-15-8-16(12-20)10-17(9-15)13-20/h2-5,15-17H,6-13H2,1H3. The molecule has 0 unspecified atom stereocenters. The van der Waals surface area contributed by atoms with E-state index < -0.39 is 0 Å². The molecule has 5 rings (SSSR count). The zero-order valence-electron chi connectivity index (χ0n) is 13.5. The fourth-order valence-electron chi connectivity index (χ4n) is 5.84. The number of ether oxygens (including phenoxy) is 1. The van der Waals surface area contributed by atoms with Gasteiger partial charge in [-0.05, 0) is 86.7 Å². The number of carbonyl (C=O) groups excluding carboxylic acids is 1. The highest BCUT2D eigenvalue weighted by molar-refractivity contribution is 5.90. The maximum atomic E-state index is 12.2. The second-order valence-electron chi connectivity index (χ2n) is 8.12. The van der Waals surface area contributed by atoms with Crippen LogP contribution in [0.25, 0.3) is 0 Å². The van der Waals surface area contributed by atoms with Crippen LogP contribution in [0, 0.1) is 30.1 Å². The predicted molar refractivity (Wildman–Crippen MR) is 86.7 cm³/mol. The number of hydrogen-bond acceptors (Lipinski definition) is 2. The molecular formula is C20H26O2. The Hall–Kier alpha value is -1.31. The van der Waals surface area contributed by atoms with E-state index >= 15 is 0 Å². The van der Waals surface area contributed by atoms with Gasteiger partial charge in [0, 0.05) is 0 Å². The first-order valence-electron chi connectivity index (χ1n) is 8.86. The van der Waals surface area contributed by atoms with Gasteiger partial charge in [0.05, 0.1) is 12.2 Å². The molecule has 118 valence electrons. The first kappa shape index (κ1) is 14.3. The van der Waals surface area contributed by atoms with Crippen molar-refractivity contribution in [2.24, 2.45) is 23.2 Å². The minimum Gasteiger partial charge on any atom is -0.462 e. The van der Waals surface area contributed by atoms with E-state index in [1.807, 2.05) is 31.2 Å². The Morgan fingerprint density at radius 1 is 1.09 bits per heavy atom. The number of aryl methyl sites for hydroxylation is 1. The molecule has 4 aliphatic carbocycles. The number of esters is 1. The largest absolute Gasteiger partial charge is 0.462 e. The maximum Gasteiger partial charge on any atom is 0.338 e. The van der Waals surface area contributed by atoms with Crippen molar-refractivity contribution in [3.63, 3.8) is 0 Å². The molecule has 0 aromatic heterocycles. The summed E-state index contributed by atoms with van der Waals surface area (Å²) in [6.07, 6.45) is 9.67. The second-order valence-corrected chi connectivity index (χ2v) is 8.12. The van der Waals surface area contributed by atoms with Crippen molar-refractivity contribution in [2.75, 3.05) is 6.61 Å². The Bertz CT molecular complexity index is 540. The molecular weight excluding hydrogens is 272 g/mol. The van der Waals surface area contributed by atoms with E-state index in [9.17, 15) is 4.79 Å². The zero-order chi connectivity index (χ0) is 15.2. The van der Waals surface area contributed by atoms with Crippen LogP contribution in [-0.4, -0.2) is 12.6 Å². The van der Waals surface area contributed by atoms with Crippen molar-refractivity contribution in [1.29, 1.82) is 0 Å². The number of rotatable bonds is 4. The fourth-order valence-corrected chi connectivity index (χ4v) is 5.84. The molecule has 4 aliphatic rings. The molecule has 0 heterocycles. The monoisotopic (exact) mass is 298 g/mol. The summed E-state index contributed by atoms with van der Waals surface area (Å²) >= 11 is 0. The van der Waals surface area contributed by atoms with Crippen LogP contribution in [-0.2, 0) is 4.74 Å². The van der Waals surface area contributed by atoms with E-state index in [1.165, 1.54) is 38.5 Å². The second kappa shape index (κ2) is 5.40. The number of benzene rings is 1. The summed E-state index contributed by atoms with van der Waals surface area (Å²) < 4.78 is 5.61. The lowest BCUT2D eigenvalue weighted by Crippen LogP contribution is -2.46. The van der Waals surface area contributed by atoms with Crippen molar-refractivity contribution < 1.29 is 9.53 Å². The molecule has 4 fully saturated rings.